The summed E-state index contributed by atoms with van der Waals surface area (Å²) in [5.74, 6) is -0.129. The van der Waals surface area contributed by atoms with Gasteiger partial charge >= 0.3 is 0 Å². The van der Waals surface area contributed by atoms with Crippen molar-refractivity contribution in [3.05, 3.63) is 35.4 Å². The summed E-state index contributed by atoms with van der Waals surface area (Å²) in [6.07, 6.45) is 0. The van der Waals surface area contributed by atoms with Crippen LogP contribution in [0.4, 0.5) is 0 Å². The van der Waals surface area contributed by atoms with Crippen molar-refractivity contribution in [2.24, 2.45) is 5.73 Å². The molecule has 0 radical (unpaired) electrons. The lowest BCUT2D eigenvalue weighted by Crippen LogP contribution is -2.48. The molecule has 0 unspecified atom stereocenters. The standard InChI is InChI=1S/C16H27N3O/c1-5-19(6-2)12-14-10-8-7-9-13(14)11-18-15(20)16(3,4)17/h7-10H,5-6,11-12,17H2,1-4H3,(H,18,20). The number of carbonyl (C=O) groups is 1. The largest absolute Gasteiger partial charge is 0.350 e. The molecule has 112 valence electrons. The Morgan fingerprint density at radius 2 is 1.75 bits per heavy atom. The number of carbonyl (C=O) groups excluding carboxylic acids is 1. The highest BCUT2D eigenvalue weighted by atomic mass is 16.2. The van der Waals surface area contributed by atoms with Crippen LogP contribution >= 0.6 is 0 Å². The highest BCUT2D eigenvalue weighted by Gasteiger charge is 2.21. The van der Waals surface area contributed by atoms with Crippen molar-refractivity contribution in [2.45, 2.75) is 46.3 Å². The van der Waals surface area contributed by atoms with Crippen LogP contribution in [0.15, 0.2) is 24.3 Å². The Labute approximate surface area is 122 Å². The average Bonchev–Trinajstić information content (AvgIpc) is 2.42. The summed E-state index contributed by atoms with van der Waals surface area (Å²) in [4.78, 5) is 14.2. The second kappa shape index (κ2) is 7.41. The third-order valence-corrected chi connectivity index (χ3v) is 3.43. The maximum Gasteiger partial charge on any atom is 0.239 e. The normalized spacial score (nSPS) is 11.7. The predicted octanol–water partition coefficient (Wildman–Crippen LogP) is 1.88. The number of rotatable bonds is 7. The molecule has 4 nitrogen and oxygen atoms in total. The highest BCUT2D eigenvalue weighted by molar-refractivity contribution is 5.85. The summed E-state index contributed by atoms with van der Waals surface area (Å²) in [6.45, 7) is 11.2. The maximum absolute atomic E-state index is 11.8. The molecule has 0 aromatic heterocycles. The summed E-state index contributed by atoms with van der Waals surface area (Å²) in [6, 6.07) is 8.22. The van der Waals surface area contributed by atoms with Gasteiger partial charge in [0, 0.05) is 13.1 Å². The van der Waals surface area contributed by atoms with E-state index in [-0.39, 0.29) is 5.91 Å². The van der Waals surface area contributed by atoms with Gasteiger partial charge in [0.2, 0.25) is 5.91 Å². The van der Waals surface area contributed by atoms with Gasteiger partial charge in [-0.05, 0) is 38.1 Å². The Kier molecular flexibility index (Phi) is 6.17. The summed E-state index contributed by atoms with van der Waals surface area (Å²) < 4.78 is 0. The smallest absolute Gasteiger partial charge is 0.239 e. The van der Waals surface area contributed by atoms with Crippen LogP contribution in [-0.2, 0) is 17.9 Å². The van der Waals surface area contributed by atoms with E-state index in [4.69, 9.17) is 5.73 Å². The van der Waals surface area contributed by atoms with Gasteiger partial charge in [-0.25, -0.2) is 0 Å². The maximum atomic E-state index is 11.8. The van der Waals surface area contributed by atoms with Crippen molar-refractivity contribution in [1.29, 1.82) is 0 Å². The average molecular weight is 277 g/mol. The van der Waals surface area contributed by atoms with Crippen LogP contribution in [0, 0.1) is 0 Å². The Balaban J connectivity index is 2.73. The lowest BCUT2D eigenvalue weighted by atomic mass is 10.0. The molecule has 20 heavy (non-hydrogen) atoms. The molecule has 0 bridgehead atoms. The van der Waals surface area contributed by atoms with E-state index in [1.165, 1.54) is 5.56 Å². The first kappa shape index (κ1) is 16.7. The fraction of sp³-hybridized carbons (Fsp3) is 0.562. The first-order valence-corrected chi connectivity index (χ1v) is 7.24. The van der Waals surface area contributed by atoms with Crippen molar-refractivity contribution in [3.63, 3.8) is 0 Å². The SMILES string of the molecule is CCN(CC)Cc1ccccc1CNC(=O)C(C)(C)N. The first-order valence-electron chi connectivity index (χ1n) is 7.24. The molecule has 1 amide bonds. The Hall–Kier alpha value is -1.39. The van der Waals surface area contributed by atoms with Gasteiger partial charge in [0.25, 0.3) is 0 Å². The second-order valence-corrected chi connectivity index (χ2v) is 5.63. The molecule has 1 aromatic rings. The molecular weight excluding hydrogens is 250 g/mol. The molecular formula is C16H27N3O. The van der Waals surface area contributed by atoms with Crippen molar-refractivity contribution in [2.75, 3.05) is 13.1 Å². The van der Waals surface area contributed by atoms with Crippen molar-refractivity contribution < 1.29 is 4.79 Å². The number of hydrogen-bond donors (Lipinski definition) is 2. The van der Waals surface area contributed by atoms with Crippen LogP contribution in [-0.4, -0.2) is 29.4 Å². The van der Waals surface area contributed by atoms with E-state index >= 15 is 0 Å². The van der Waals surface area contributed by atoms with Gasteiger partial charge in [-0.15, -0.1) is 0 Å². The van der Waals surface area contributed by atoms with Crippen LogP contribution in [0.25, 0.3) is 0 Å². The fourth-order valence-corrected chi connectivity index (χ4v) is 1.98. The summed E-state index contributed by atoms with van der Waals surface area (Å²) >= 11 is 0. The molecule has 4 heteroatoms. The van der Waals surface area contributed by atoms with Crippen molar-refractivity contribution in [3.8, 4) is 0 Å². The minimum atomic E-state index is -0.839. The Morgan fingerprint density at radius 3 is 2.25 bits per heavy atom. The van der Waals surface area contributed by atoms with Gasteiger partial charge in [0.15, 0.2) is 0 Å². The lowest BCUT2D eigenvalue weighted by molar-refractivity contribution is -0.125. The molecule has 0 saturated heterocycles. The van der Waals surface area contributed by atoms with Gasteiger partial charge in [0.05, 0.1) is 5.54 Å². The monoisotopic (exact) mass is 277 g/mol. The zero-order valence-electron chi connectivity index (χ0n) is 13.1. The van der Waals surface area contributed by atoms with E-state index in [0.29, 0.717) is 6.54 Å². The molecule has 0 aliphatic rings. The highest BCUT2D eigenvalue weighted by Crippen LogP contribution is 2.12. The number of benzene rings is 1. The lowest BCUT2D eigenvalue weighted by Gasteiger charge is -2.21. The van der Waals surface area contributed by atoms with Gasteiger partial charge in [-0.3, -0.25) is 9.69 Å². The van der Waals surface area contributed by atoms with E-state index < -0.39 is 5.54 Å². The molecule has 0 atom stereocenters. The molecule has 0 saturated carbocycles. The molecule has 1 aromatic carbocycles. The first-order chi connectivity index (χ1) is 9.38. The quantitative estimate of drug-likeness (QED) is 0.800. The van der Waals surface area contributed by atoms with Crippen molar-refractivity contribution in [1.82, 2.24) is 10.2 Å². The minimum absolute atomic E-state index is 0.129. The number of amides is 1. The van der Waals surface area contributed by atoms with E-state index in [0.717, 1.165) is 25.2 Å². The zero-order chi connectivity index (χ0) is 15.2. The minimum Gasteiger partial charge on any atom is -0.350 e. The predicted molar refractivity (Wildman–Crippen MR) is 83.2 cm³/mol. The molecule has 0 heterocycles. The van der Waals surface area contributed by atoms with Crippen LogP contribution in [0.2, 0.25) is 0 Å². The third-order valence-electron chi connectivity index (χ3n) is 3.43. The molecule has 3 N–H and O–H groups in total. The fourth-order valence-electron chi connectivity index (χ4n) is 1.98. The molecule has 1 rings (SSSR count). The number of nitrogens with one attached hydrogen (secondary N) is 1. The number of nitrogens with two attached hydrogens (primary N) is 1. The van der Waals surface area contributed by atoms with Crippen LogP contribution < -0.4 is 11.1 Å². The van der Waals surface area contributed by atoms with E-state index in [2.05, 4.69) is 36.2 Å². The zero-order valence-corrected chi connectivity index (χ0v) is 13.1. The number of nitrogens with zero attached hydrogens (tertiary/aromatic N) is 1. The molecule has 0 aliphatic carbocycles. The van der Waals surface area contributed by atoms with Gasteiger partial charge in [-0.2, -0.15) is 0 Å². The molecule has 0 aliphatic heterocycles. The van der Waals surface area contributed by atoms with Gasteiger partial charge in [0.1, 0.15) is 0 Å². The van der Waals surface area contributed by atoms with E-state index in [1.807, 2.05) is 12.1 Å². The topological polar surface area (TPSA) is 58.4 Å². The van der Waals surface area contributed by atoms with Crippen LogP contribution in [0.1, 0.15) is 38.8 Å². The van der Waals surface area contributed by atoms with Crippen molar-refractivity contribution >= 4 is 5.91 Å². The van der Waals surface area contributed by atoms with E-state index in [1.54, 1.807) is 13.8 Å². The van der Waals surface area contributed by atoms with Crippen LogP contribution in [0.5, 0.6) is 0 Å². The summed E-state index contributed by atoms with van der Waals surface area (Å²) in [5.41, 5.74) is 7.35. The Bertz CT molecular complexity index is 434. The molecule has 0 spiro atoms. The summed E-state index contributed by atoms with van der Waals surface area (Å²) in [7, 11) is 0. The Morgan fingerprint density at radius 1 is 1.20 bits per heavy atom. The second-order valence-electron chi connectivity index (χ2n) is 5.63. The summed E-state index contributed by atoms with van der Waals surface area (Å²) in [5, 5.41) is 2.91. The van der Waals surface area contributed by atoms with E-state index in [9.17, 15) is 4.79 Å². The third kappa shape index (κ3) is 4.94. The van der Waals surface area contributed by atoms with Gasteiger partial charge < -0.3 is 11.1 Å². The van der Waals surface area contributed by atoms with Gasteiger partial charge in [-0.1, -0.05) is 38.1 Å². The number of hydrogen-bond acceptors (Lipinski definition) is 3. The van der Waals surface area contributed by atoms with Crippen LogP contribution in [0.3, 0.4) is 0 Å². The molecule has 0 fully saturated rings.